The standard InChI is InChI=1S/C23H23N5O3/c1-31-18-8-6-16(7-9-18)17-14-19(23(27-30)25-15-17)22(29)20-4-2-5-21(26-20)28-12-3-10-24-11-13-28/h2,4-9,14-15,24H,3,10-13H2,1H3. The Morgan fingerprint density at radius 2 is 1.94 bits per heavy atom. The van der Waals surface area contributed by atoms with E-state index in [1.807, 2.05) is 36.4 Å². The third-order valence-electron chi connectivity index (χ3n) is 5.25. The summed E-state index contributed by atoms with van der Waals surface area (Å²) in [5, 5.41) is 6.31. The molecule has 0 radical (unpaired) electrons. The number of nitrogens with one attached hydrogen (secondary N) is 1. The molecule has 0 aliphatic carbocycles. The van der Waals surface area contributed by atoms with Crippen LogP contribution in [0.5, 0.6) is 5.75 Å². The van der Waals surface area contributed by atoms with Crippen LogP contribution in [0.2, 0.25) is 0 Å². The molecule has 8 nitrogen and oxygen atoms in total. The first kappa shape index (κ1) is 20.6. The highest BCUT2D eigenvalue weighted by Gasteiger charge is 2.20. The molecule has 0 spiro atoms. The number of methoxy groups -OCH3 is 1. The maximum absolute atomic E-state index is 13.3. The van der Waals surface area contributed by atoms with Crippen molar-refractivity contribution < 1.29 is 9.53 Å². The number of ether oxygens (including phenoxy) is 1. The zero-order valence-electron chi connectivity index (χ0n) is 17.2. The van der Waals surface area contributed by atoms with Gasteiger partial charge in [0.2, 0.25) is 11.6 Å². The van der Waals surface area contributed by atoms with E-state index in [1.165, 1.54) is 6.20 Å². The molecule has 0 saturated carbocycles. The molecule has 2 aromatic heterocycles. The minimum Gasteiger partial charge on any atom is -0.497 e. The molecule has 8 heteroatoms. The minimum atomic E-state index is -0.382. The van der Waals surface area contributed by atoms with E-state index in [4.69, 9.17) is 4.74 Å². The number of pyridine rings is 2. The third-order valence-corrected chi connectivity index (χ3v) is 5.25. The number of benzene rings is 1. The Morgan fingerprint density at radius 3 is 2.71 bits per heavy atom. The van der Waals surface area contributed by atoms with Crippen molar-refractivity contribution in [1.82, 2.24) is 15.3 Å². The molecule has 158 valence electrons. The van der Waals surface area contributed by atoms with Gasteiger partial charge in [-0.15, -0.1) is 4.91 Å². The van der Waals surface area contributed by atoms with E-state index in [9.17, 15) is 9.70 Å². The molecule has 31 heavy (non-hydrogen) atoms. The van der Waals surface area contributed by atoms with Crippen LogP contribution in [0.3, 0.4) is 0 Å². The van der Waals surface area contributed by atoms with Crippen LogP contribution >= 0.6 is 0 Å². The van der Waals surface area contributed by atoms with Crippen molar-refractivity contribution >= 4 is 17.4 Å². The first-order valence-corrected chi connectivity index (χ1v) is 10.1. The van der Waals surface area contributed by atoms with E-state index in [-0.39, 0.29) is 22.9 Å². The molecule has 1 saturated heterocycles. The Balaban J connectivity index is 1.67. The summed E-state index contributed by atoms with van der Waals surface area (Å²) in [6, 6.07) is 14.4. The Hall–Kier alpha value is -3.65. The summed E-state index contributed by atoms with van der Waals surface area (Å²) in [4.78, 5) is 35.4. The Labute approximate surface area is 180 Å². The van der Waals surface area contributed by atoms with Crippen molar-refractivity contribution in [3.8, 4) is 16.9 Å². The second kappa shape index (κ2) is 9.44. The molecule has 3 heterocycles. The molecule has 1 aliphatic heterocycles. The first-order chi connectivity index (χ1) is 15.2. The molecule has 3 aromatic rings. The van der Waals surface area contributed by atoms with E-state index >= 15 is 0 Å². The molecular formula is C23H23N5O3. The Bertz CT molecular complexity index is 1080. The lowest BCUT2D eigenvalue weighted by Crippen LogP contribution is -2.28. The number of aromatic nitrogens is 2. The van der Waals surface area contributed by atoms with Gasteiger partial charge in [0, 0.05) is 31.4 Å². The highest BCUT2D eigenvalue weighted by Crippen LogP contribution is 2.28. The second-order valence-electron chi connectivity index (χ2n) is 7.22. The highest BCUT2D eigenvalue weighted by molar-refractivity contribution is 6.11. The van der Waals surface area contributed by atoms with Gasteiger partial charge in [0.1, 0.15) is 17.3 Å². The van der Waals surface area contributed by atoms with Gasteiger partial charge in [0.25, 0.3) is 0 Å². The summed E-state index contributed by atoms with van der Waals surface area (Å²) < 4.78 is 5.19. The summed E-state index contributed by atoms with van der Waals surface area (Å²) in [7, 11) is 1.60. The smallest absolute Gasteiger partial charge is 0.215 e. The normalized spacial score (nSPS) is 14.0. The molecule has 0 bridgehead atoms. The van der Waals surface area contributed by atoms with Gasteiger partial charge < -0.3 is 15.0 Å². The van der Waals surface area contributed by atoms with Crippen LogP contribution in [0.1, 0.15) is 22.5 Å². The van der Waals surface area contributed by atoms with Crippen molar-refractivity contribution in [3.63, 3.8) is 0 Å². The first-order valence-electron chi connectivity index (χ1n) is 10.1. The zero-order chi connectivity index (χ0) is 21.6. The van der Waals surface area contributed by atoms with Crippen LogP contribution < -0.4 is 15.0 Å². The van der Waals surface area contributed by atoms with Crippen LogP contribution in [0.15, 0.2) is 59.9 Å². The van der Waals surface area contributed by atoms with Gasteiger partial charge >= 0.3 is 0 Å². The fourth-order valence-electron chi connectivity index (χ4n) is 3.58. The molecule has 4 rings (SSSR count). The van der Waals surface area contributed by atoms with Gasteiger partial charge in [-0.05, 0) is 54.0 Å². The van der Waals surface area contributed by atoms with Gasteiger partial charge in [0.15, 0.2) is 0 Å². The average molecular weight is 417 g/mol. The number of nitrogens with zero attached hydrogens (tertiary/aromatic N) is 4. The van der Waals surface area contributed by atoms with Gasteiger partial charge in [-0.2, -0.15) is 0 Å². The minimum absolute atomic E-state index is 0.130. The summed E-state index contributed by atoms with van der Waals surface area (Å²) in [6.07, 6.45) is 2.54. The number of rotatable bonds is 6. The lowest BCUT2D eigenvalue weighted by Gasteiger charge is -2.21. The third kappa shape index (κ3) is 4.59. The number of hydrogen-bond acceptors (Lipinski definition) is 8. The van der Waals surface area contributed by atoms with Gasteiger partial charge in [-0.1, -0.05) is 18.2 Å². The Kier molecular flexibility index (Phi) is 6.28. The fraction of sp³-hybridized carbons (Fsp3) is 0.261. The van der Waals surface area contributed by atoms with Crippen LogP contribution in [-0.4, -0.2) is 49.0 Å². The number of carbonyl (C=O) groups excluding carboxylic acids is 1. The van der Waals surface area contributed by atoms with Crippen LogP contribution in [0, 0.1) is 4.91 Å². The summed E-state index contributed by atoms with van der Waals surface area (Å²) >= 11 is 0. The molecular weight excluding hydrogens is 394 g/mol. The lowest BCUT2D eigenvalue weighted by atomic mass is 10.0. The average Bonchev–Trinajstić information content (AvgIpc) is 3.13. The van der Waals surface area contributed by atoms with Crippen molar-refractivity contribution in [3.05, 3.63) is 70.9 Å². The largest absolute Gasteiger partial charge is 0.497 e. The van der Waals surface area contributed by atoms with Crippen LogP contribution in [0.4, 0.5) is 11.6 Å². The fourth-order valence-corrected chi connectivity index (χ4v) is 3.58. The van der Waals surface area contributed by atoms with Crippen molar-refractivity contribution in [2.24, 2.45) is 5.18 Å². The number of anilines is 1. The number of hydrogen-bond donors (Lipinski definition) is 1. The molecule has 0 unspecified atom stereocenters. The van der Waals surface area contributed by atoms with Gasteiger partial charge in [-0.3, -0.25) is 4.79 Å². The maximum atomic E-state index is 13.3. The lowest BCUT2D eigenvalue weighted by molar-refractivity contribution is 0.103. The number of ketones is 1. The summed E-state index contributed by atoms with van der Waals surface area (Å²) in [5.41, 5.74) is 1.94. The zero-order valence-corrected chi connectivity index (χ0v) is 17.2. The molecule has 1 aromatic carbocycles. The highest BCUT2D eigenvalue weighted by atomic mass is 16.5. The predicted octanol–water partition coefficient (Wildman–Crippen LogP) is 3.58. The number of nitroso groups, excluding NO2 is 1. The van der Waals surface area contributed by atoms with E-state index in [0.29, 0.717) is 5.56 Å². The number of carbonyl (C=O) groups is 1. The molecule has 1 aliphatic rings. The van der Waals surface area contributed by atoms with Crippen molar-refractivity contribution in [2.75, 3.05) is 38.2 Å². The van der Waals surface area contributed by atoms with E-state index in [0.717, 1.165) is 49.7 Å². The van der Waals surface area contributed by atoms with E-state index in [2.05, 4.69) is 25.4 Å². The monoisotopic (exact) mass is 417 g/mol. The van der Waals surface area contributed by atoms with Gasteiger partial charge in [-0.25, -0.2) is 9.97 Å². The predicted molar refractivity (Wildman–Crippen MR) is 119 cm³/mol. The van der Waals surface area contributed by atoms with E-state index in [1.54, 1.807) is 19.2 Å². The Morgan fingerprint density at radius 1 is 1.10 bits per heavy atom. The van der Waals surface area contributed by atoms with Gasteiger partial charge in [0.05, 0.1) is 12.7 Å². The van der Waals surface area contributed by atoms with Crippen molar-refractivity contribution in [2.45, 2.75) is 6.42 Å². The van der Waals surface area contributed by atoms with Crippen LogP contribution in [0.25, 0.3) is 11.1 Å². The summed E-state index contributed by atoms with van der Waals surface area (Å²) in [6.45, 7) is 3.52. The molecule has 0 atom stereocenters. The van der Waals surface area contributed by atoms with Crippen LogP contribution in [-0.2, 0) is 0 Å². The topological polar surface area (TPSA) is 96.8 Å². The quantitative estimate of drug-likeness (QED) is 0.484. The van der Waals surface area contributed by atoms with E-state index < -0.39 is 0 Å². The van der Waals surface area contributed by atoms with Crippen molar-refractivity contribution in [1.29, 1.82) is 0 Å². The SMILES string of the molecule is COc1ccc(-c2cnc(N=O)c(C(=O)c3cccc(N4CCCNCC4)n3)c2)cc1. The second-order valence-corrected chi connectivity index (χ2v) is 7.22. The summed E-state index contributed by atoms with van der Waals surface area (Å²) in [5.74, 6) is 0.944. The maximum Gasteiger partial charge on any atom is 0.215 e. The molecule has 1 fully saturated rings. The molecule has 0 amide bonds. The molecule has 1 N–H and O–H groups in total.